The van der Waals surface area contributed by atoms with Crippen molar-refractivity contribution in [2.75, 3.05) is 0 Å². The maximum absolute atomic E-state index is 11.3. The van der Waals surface area contributed by atoms with Gasteiger partial charge in [-0.2, -0.15) is 0 Å². The Bertz CT molecular complexity index is 493. The summed E-state index contributed by atoms with van der Waals surface area (Å²) in [6.45, 7) is 4.51. The van der Waals surface area contributed by atoms with E-state index in [0.29, 0.717) is 12.1 Å². The van der Waals surface area contributed by atoms with Gasteiger partial charge in [0.1, 0.15) is 0 Å². The van der Waals surface area contributed by atoms with Crippen LogP contribution in [0.2, 0.25) is 0 Å². The first-order valence-electron chi connectivity index (χ1n) is 4.33. The Morgan fingerprint density at radius 3 is 2.92 bits per heavy atom. The zero-order chi connectivity index (χ0) is 9.42. The van der Waals surface area contributed by atoms with E-state index in [1.165, 1.54) is 0 Å². The number of benzene rings is 1. The number of fused-ring (bicyclic) bond motifs is 1. The average Bonchev–Trinajstić information content (AvgIpc) is 2.43. The van der Waals surface area contributed by atoms with Crippen LogP contribution in [-0.4, -0.2) is 4.57 Å². The molecule has 68 valence electrons. The van der Waals surface area contributed by atoms with Crippen LogP contribution in [0.4, 0.5) is 0 Å². The van der Waals surface area contributed by atoms with Crippen molar-refractivity contribution in [3.8, 4) is 0 Å². The van der Waals surface area contributed by atoms with Crippen molar-refractivity contribution >= 4 is 11.1 Å². The van der Waals surface area contributed by atoms with Gasteiger partial charge in [0, 0.05) is 6.54 Å². The van der Waals surface area contributed by atoms with E-state index in [1.54, 1.807) is 4.57 Å². The third kappa shape index (κ3) is 1.08. The molecule has 0 saturated heterocycles. The van der Waals surface area contributed by atoms with Crippen LogP contribution in [0.25, 0.3) is 11.1 Å². The van der Waals surface area contributed by atoms with Crippen LogP contribution in [0.1, 0.15) is 12.5 Å². The van der Waals surface area contributed by atoms with Gasteiger partial charge in [0.25, 0.3) is 0 Å². The highest BCUT2D eigenvalue weighted by molar-refractivity contribution is 5.76. The van der Waals surface area contributed by atoms with Gasteiger partial charge in [0.2, 0.25) is 0 Å². The SMILES string of the molecule is CCn1c(=O)oc2c(C)cccc21. The van der Waals surface area contributed by atoms with Gasteiger partial charge in [-0.25, -0.2) is 4.79 Å². The summed E-state index contributed by atoms with van der Waals surface area (Å²) in [4.78, 5) is 11.3. The molecule has 1 aromatic heterocycles. The highest BCUT2D eigenvalue weighted by Gasteiger charge is 2.08. The molecule has 2 aromatic rings. The molecule has 2 rings (SSSR count). The third-order valence-electron chi connectivity index (χ3n) is 2.21. The largest absolute Gasteiger partial charge is 0.419 e. The van der Waals surface area contributed by atoms with Gasteiger partial charge in [-0.3, -0.25) is 4.57 Å². The smallest absolute Gasteiger partial charge is 0.407 e. The van der Waals surface area contributed by atoms with Crippen LogP contribution in [0.15, 0.2) is 27.4 Å². The normalized spacial score (nSPS) is 10.9. The monoisotopic (exact) mass is 177 g/mol. The topological polar surface area (TPSA) is 35.1 Å². The second-order valence-electron chi connectivity index (χ2n) is 3.04. The van der Waals surface area contributed by atoms with Crippen LogP contribution in [0.3, 0.4) is 0 Å². The highest BCUT2D eigenvalue weighted by atomic mass is 16.4. The number of hydrogen-bond donors (Lipinski definition) is 0. The predicted molar refractivity (Wildman–Crippen MR) is 50.9 cm³/mol. The second kappa shape index (κ2) is 2.76. The molecule has 0 aliphatic carbocycles. The summed E-state index contributed by atoms with van der Waals surface area (Å²) in [5.74, 6) is -0.271. The Hall–Kier alpha value is -1.51. The van der Waals surface area contributed by atoms with Gasteiger partial charge in [0.05, 0.1) is 5.52 Å². The van der Waals surface area contributed by atoms with E-state index in [9.17, 15) is 4.79 Å². The molecule has 3 heteroatoms. The molecule has 1 heterocycles. The molecule has 0 saturated carbocycles. The van der Waals surface area contributed by atoms with Gasteiger partial charge in [-0.1, -0.05) is 12.1 Å². The lowest BCUT2D eigenvalue weighted by Gasteiger charge is -1.95. The summed E-state index contributed by atoms with van der Waals surface area (Å²) in [6, 6.07) is 5.76. The molecule has 0 unspecified atom stereocenters. The number of nitrogens with zero attached hydrogens (tertiary/aromatic N) is 1. The van der Waals surface area contributed by atoms with Gasteiger partial charge in [0.15, 0.2) is 5.58 Å². The van der Waals surface area contributed by atoms with E-state index in [1.807, 2.05) is 32.0 Å². The Morgan fingerprint density at radius 2 is 2.23 bits per heavy atom. The number of aromatic nitrogens is 1. The van der Waals surface area contributed by atoms with Gasteiger partial charge in [-0.05, 0) is 25.5 Å². The van der Waals surface area contributed by atoms with E-state index < -0.39 is 0 Å². The fourth-order valence-corrected chi connectivity index (χ4v) is 1.52. The summed E-state index contributed by atoms with van der Waals surface area (Å²) in [7, 11) is 0. The zero-order valence-electron chi connectivity index (χ0n) is 7.70. The van der Waals surface area contributed by atoms with Crippen molar-refractivity contribution in [2.24, 2.45) is 0 Å². The maximum atomic E-state index is 11.3. The first-order valence-corrected chi connectivity index (χ1v) is 4.33. The van der Waals surface area contributed by atoms with E-state index in [4.69, 9.17) is 4.42 Å². The third-order valence-corrected chi connectivity index (χ3v) is 2.21. The van der Waals surface area contributed by atoms with Crippen molar-refractivity contribution in [1.82, 2.24) is 4.57 Å². The molecule has 1 aromatic carbocycles. The summed E-state index contributed by atoms with van der Waals surface area (Å²) in [6.07, 6.45) is 0. The lowest BCUT2D eigenvalue weighted by molar-refractivity contribution is 0.512. The highest BCUT2D eigenvalue weighted by Crippen LogP contribution is 2.16. The molecule has 0 bridgehead atoms. The Morgan fingerprint density at radius 1 is 1.46 bits per heavy atom. The number of para-hydroxylation sites is 1. The second-order valence-corrected chi connectivity index (χ2v) is 3.04. The van der Waals surface area contributed by atoms with Crippen LogP contribution in [-0.2, 0) is 6.54 Å². The first kappa shape index (κ1) is 8.10. The lowest BCUT2D eigenvalue weighted by Crippen LogP contribution is -2.11. The van der Waals surface area contributed by atoms with Crippen LogP contribution < -0.4 is 5.76 Å². The molecule has 0 radical (unpaired) electrons. The summed E-state index contributed by atoms with van der Waals surface area (Å²) in [5.41, 5.74) is 2.59. The molecule has 3 nitrogen and oxygen atoms in total. The van der Waals surface area contributed by atoms with Crippen LogP contribution in [0, 0.1) is 6.92 Å². The Balaban J connectivity index is 2.94. The van der Waals surface area contributed by atoms with E-state index >= 15 is 0 Å². The van der Waals surface area contributed by atoms with Crippen LogP contribution in [0.5, 0.6) is 0 Å². The average molecular weight is 177 g/mol. The molecule has 0 aliphatic heterocycles. The Labute approximate surface area is 75.6 Å². The van der Waals surface area contributed by atoms with Gasteiger partial charge >= 0.3 is 5.76 Å². The summed E-state index contributed by atoms with van der Waals surface area (Å²) >= 11 is 0. The van der Waals surface area contributed by atoms with E-state index in [-0.39, 0.29) is 5.76 Å². The zero-order valence-corrected chi connectivity index (χ0v) is 7.70. The number of aryl methyl sites for hydroxylation is 2. The standard InChI is InChI=1S/C10H11NO2/c1-3-11-8-6-4-5-7(2)9(8)13-10(11)12/h4-6H,3H2,1-2H3. The molecule has 0 atom stereocenters. The molecule has 0 amide bonds. The number of rotatable bonds is 1. The Kier molecular flexibility index (Phi) is 1.72. The van der Waals surface area contributed by atoms with Crippen molar-refractivity contribution < 1.29 is 4.42 Å². The van der Waals surface area contributed by atoms with Crippen molar-refractivity contribution in [3.63, 3.8) is 0 Å². The molecule has 0 fully saturated rings. The number of hydrogen-bond acceptors (Lipinski definition) is 2. The quantitative estimate of drug-likeness (QED) is 0.667. The fourth-order valence-electron chi connectivity index (χ4n) is 1.52. The lowest BCUT2D eigenvalue weighted by atomic mass is 10.2. The summed E-state index contributed by atoms with van der Waals surface area (Å²) in [5, 5.41) is 0. The van der Waals surface area contributed by atoms with Gasteiger partial charge in [-0.15, -0.1) is 0 Å². The minimum atomic E-state index is -0.271. The molecule has 0 N–H and O–H groups in total. The fraction of sp³-hybridized carbons (Fsp3) is 0.300. The van der Waals surface area contributed by atoms with Crippen molar-refractivity contribution in [3.05, 3.63) is 34.3 Å². The van der Waals surface area contributed by atoms with Gasteiger partial charge < -0.3 is 4.42 Å². The predicted octanol–water partition coefficient (Wildman–Crippen LogP) is 1.92. The van der Waals surface area contributed by atoms with E-state index in [0.717, 1.165) is 11.1 Å². The van der Waals surface area contributed by atoms with E-state index in [2.05, 4.69) is 0 Å². The minimum Gasteiger partial charge on any atom is -0.407 e. The molecule has 13 heavy (non-hydrogen) atoms. The van der Waals surface area contributed by atoms with Crippen molar-refractivity contribution in [1.29, 1.82) is 0 Å². The molecular formula is C10H11NO2. The maximum Gasteiger partial charge on any atom is 0.419 e. The van der Waals surface area contributed by atoms with Crippen LogP contribution >= 0.6 is 0 Å². The first-order chi connectivity index (χ1) is 6.24. The number of oxazole rings is 1. The molecule has 0 spiro atoms. The molecular weight excluding hydrogens is 166 g/mol. The minimum absolute atomic E-state index is 0.271. The summed E-state index contributed by atoms with van der Waals surface area (Å²) < 4.78 is 6.76. The van der Waals surface area contributed by atoms with Crippen molar-refractivity contribution in [2.45, 2.75) is 20.4 Å². The molecule has 0 aliphatic rings.